The van der Waals surface area contributed by atoms with Crippen LogP contribution < -0.4 is 10.2 Å². The molecule has 0 aromatic heterocycles. The molecule has 4 rings (SSSR count). The average Bonchev–Trinajstić information content (AvgIpc) is 3.12. The van der Waals surface area contributed by atoms with Crippen molar-refractivity contribution in [2.45, 2.75) is 12.5 Å². The van der Waals surface area contributed by atoms with Gasteiger partial charge in [0, 0.05) is 47.9 Å². The van der Waals surface area contributed by atoms with Gasteiger partial charge in [0.1, 0.15) is 0 Å². The summed E-state index contributed by atoms with van der Waals surface area (Å²) >= 11 is 3.57. The molecule has 0 amide bonds. The second-order valence-electron chi connectivity index (χ2n) is 7.38. The minimum atomic E-state index is 0.603. The Morgan fingerprint density at radius 3 is 2.78 bits per heavy atom. The summed E-state index contributed by atoms with van der Waals surface area (Å²) in [6, 6.07) is 15.6. The van der Waals surface area contributed by atoms with Gasteiger partial charge in [-0.15, -0.1) is 0 Å². The molecule has 2 aliphatic heterocycles. The Balaban J connectivity index is 1.46. The topological polar surface area (TPSA) is 30.9 Å². The minimum Gasteiger partial charge on any atom is -0.370 e. The SMILES string of the molecule is CN1CCC(N(C)c2ccc(N/C=C3\CN=Cc4ccc(Br)cc43)cc2)C1. The summed E-state index contributed by atoms with van der Waals surface area (Å²) in [5, 5.41) is 3.44. The Hall–Kier alpha value is -2.11. The van der Waals surface area contributed by atoms with E-state index in [1.54, 1.807) is 0 Å². The molecule has 1 N–H and O–H groups in total. The van der Waals surface area contributed by atoms with Crippen LogP contribution in [0.15, 0.2) is 58.1 Å². The van der Waals surface area contributed by atoms with Gasteiger partial charge in [-0.2, -0.15) is 0 Å². The van der Waals surface area contributed by atoms with E-state index in [0.717, 1.165) is 22.3 Å². The predicted molar refractivity (Wildman–Crippen MR) is 119 cm³/mol. The number of hydrogen-bond acceptors (Lipinski definition) is 4. The molecule has 0 bridgehead atoms. The van der Waals surface area contributed by atoms with Crippen LogP contribution in [-0.2, 0) is 0 Å². The quantitative estimate of drug-likeness (QED) is 0.784. The summed E-state index contributed by atoms with van der Waals surface area (Å²) in [6.45, 7) is 3.02. The van der Waals surface area contributed by atoms with Gasteiger partial charge >= 0.3 is 0 Å². The smallest absolute Gasteiger partial charge is 0.0660 e. The van der Waals surface area contributed by atoms with Crippen LogP contribution in [0, 0.1) is 0 Å². The van der Waals surface area contributed by atoms with E-state index in [2.05, 4.69) is 98.8 Å². The van der Waals surface area contributed by atoms with Crippen molar-refractivity contribution in [2.75, 3.05) is 43.9 Å². The van der Waals surface area contributed by atoms with Crippen molar-refractivity contribution < 1.29 is 0 Å². The number of likely N-dealkylation sites (tertiary alicyclic amines) is 1. The van der Waals surface area contributed by atoms with Gasteiger partial charge in [-0.05, 0) is 73.1 Å². The molecular weight excluding hydrogens is 400 g/mol. The normalized spacial score (nSPS) is 20.7. The van der Waals surface area contributed by atoms with Crippen LogP contribution in [0.2, 0.25) is 0 Å². The third-order valence-corrected chi connectivity index (χ3v) is 5.95. The molecular formula is C22H25BrN4. The molecule has 27 heavy (non-hydrogen) atoms. The zero-order valence-electron chi connectivity index (χ0n) is 15.8. The largest absolute Gasteiger partial charge is 0.370 e. The number of benzene rings is 2. The molecule has 2 aliphatic rings. The number of aliphatic imine (C=N–C) groups is 1. The molecule has 1 unspecified atom stereocenters. The lowest BCUT2D eigenvalue weighted by Crippen LogP contribution is -2.33. The summed E-state index contributed by atoms with van der Waals surface area (Å²) in [6.07, 6.45) is 5.26. The molecule has 5 heteroatoms. The van der Waals surface area contributed by atoms with E-state index in [1.807, 2.05) is 6.21 Å². The van der Waals surface area contributed by atoms with Gasteiger partial charge < -0.3 is 15.1 Å². The van der Waals surface area contributed by atoms with Gasteiger partial charge in [0.25, 0.3) is 0 Å². The predicted octanol–water partition coefficient (Wildman–Crippen LogP) is 4.47. The van der Waals surface area contributed by atoms with E-state index in [1.165, 1.54) is 29.8 Å². The highest BCUT2D eigenvalue weighted by Crippen LogP contribution is 2.27. The van der Waals surface area contributed by atoms with Crippen LogP contribution in [-0.4, -0.2) is 50.9 Å². The monoisotopic (exact) mass is 424 g/mol. The van der Waals surface area contributed by atoms with Crippen LogP contribution in [0.5, 0.6) is 0 Å². The Bertz CT molecular complexity index is 872. The first-order valence-corrected chi connectivity index (χ1v) is 10.2. The number of likely N-dealkylation sites (N-methyl/N-ethyl adjacent to an activating group) is 2. The number of hydrogen-bond donors (Lipinski definition) is 1. The van der Waals surface area contributed by atoms with Gasteiger partial charge in [0.05, 0.1) is 6.54 Å². The van der Waals surface area contributed by atoms with Crippen LogP contribution in [0.4, 0.5) is 11.4 Å². The molecule has 0 spiro atoms. The van der Waals surface area contributed by atoms with Gasteiger partial charge in [0.2, 0.25) is 0 Å². The molecule has 1 fully saturated rings. The van der Waals surface area contributed by atoms with Crippen molar-refractivity contribution >= 4 is 39.1 Å². The molecule has 2 aromatic carbocycles. The summed E-state index contributed by atoms with van der Waals surface area (Å²) in [5.41, 5.74) is 5.95. The lowest BCUT2D eigenvalue weighted by molar-refractivity contribution is 0.409. The van der Waals surface area contributed by atoms with E-state index < -0.39 is 0 Å². The van der Waals surface area contributed by atoms with Crippen LogP contribution in [0.3, 0.4) is 0 Å². The van der Waals surface area contributed by atoms with E-state index >= 15 is 0 Å². The number of nitrogens with zero attached hydrogens (tertiary/aromatic N) is 3. The fourth-order valence-corrected chi connectivity index (χ4v) is 4.13. The standard InChI is InChI=1S/C22H25BrN4/c1-26-10-9-21(15-26)27(2)20-7-5-19(6-8-20)25-14-17-13-24-12-16-3-4-18(23)11-22(16)17/h3-8,11-12,14,21,25H,9-10,13,15H2,1-2H3/b17-14+. The van der Waals surface area contributed by atoms with Crippen LogP contribution in [0.25, 0.3) is 5.57 Å². The lowest BCUT2D eigenvalue weighted by Gasteiger charge is -2.26. The van der Waals surface area contributed by atoms with Gasteiger partial charge in [-0.25, -0.2) is 0 Å². The molecule has 0 radical (unpaired) electrons. The van der Waals surface area contributed by atoms with Crippen molar-refractivity contribution in [3.05, 3.63) is 64.3 Å². The first kappa shape index (κ1) is 18.3. The first-order valence-electron chi connectivity index (χ1n) is 9.37. The molecule has 4 nitrogen and oxygen atoms in total. The van der Waals surface area contributed by atoms with Gasteiger partial charge in [0.15, 0.2) is 0 Å². The second kappa shape index (κ2) is 7.87. The van der Waals surface area contributed by atoms with E-state index in [9.17, 15) is 0 Å². The Kier molecular flexibility index (Phi) is 5.32. The second-order valence-corrected chi connectivity index (χ2v) is 8.29. The number of anilines is 2. The fourth-order valence-electron chi connectivity index (χ4n) is 3.77. The average molecular weight is 425 g/mol. The van der Waals surface area contributed by atoms with Crippen molar-refractivity contribution in [3.63, 3.8) is 0 Å². The molecule has 140 valence electrons. The summed E-state index contributed by atoms with van der Waals surface area (Å²) in [5.74, 6) is 0. The zero-order valence-corrected chi connectivity index (χ0v) is 17.4. The molecule has 0 aliphatic carbocycles. The number of nitrogens with one attached hydrogen (secondary N) is 1. The van der Waals surface area contributed by atoms with E-state index in [4.69, 9.17) is 0 Å². The van der Waals surface area contributed by atoms with Gasteiger partial charge in [-0.3, -0.25) is 4.99 Å². The van der Waals surface area contributed by atoms with E-state index in [-0.39, 0.29) is 0 Å². The lowest BCUT2D eigenvalue weighted by atomic mass is 9.99. The maximum absolute atomic E-state index is 4.47. The summed E-state index contributed by atoms with van der Waals surface area (Å²) in [7, 11) is 4.39. The summed E-state index contributed by atoms with van der Waals surface area (Å²) < 4.78 is 1.09. The van der Waals surface area contributed by atoms with Crippen molar-refractivity contribution in [3.8, 4) is 0 Å². The van der Waals surface area contributed by atoms with Crippen molar-refractivity contribution in [1.82, 2.24) is 4.90 Å². The first-order chi connectivity index (χ1) is 13.1. The summed E-state index contributed by atoms with van der Waals surface area (Å²) in [4.78, 5) is 9.26. The Labute approximate surface area is 169 Å². The van der Waals surface area contributed by atoms with Crippen LogP contribution >= 0.6 is 15.9 Å². The molecule has 1 saturated heterocycles. The molecule has 1 atom stereocenters. The molecule has 0 saturated carbocycles. The minimum absolute atomic E-state index is 0.603. The highest BCUT2D eigenvalue weighted by Gasteiger charge is 2.23. The van der Waals surface area contributed by atoms with Crippen molar-refractivity contribution in [2.24, 2.45) is 4.99 Å². The van der Waals surface area contributed by atoms with Crippen molar-refractivity contribution in [1.29, 1.82) is 0 Å². The number of rotatable bonds is 4. The third kappa shape index (κ3) is 4.09. The maximum atomic E-state index is 4.47. The van der Waals surface area contributed by atoms with Gasteiger partial charge in [-0.1, -0.05) is 22.0 Å². The van der Waals surface area contributed by atoms with E-state index in [0.29, 0.717) is 12.6 Å². The molecule has 2 heterocycles. The highest BCUT2D eigenvalue weighted by molar-refractivity contribution is 9.10. The van der Waals surface area contributed by atoms with Crippen LogP contribution in [0.1, 0.15) is 17.5 Å². The fraction of sp³-hybridized carbons (Fsp3) is 0.318. The molecule has 2 aromatic rings. The number of fused-ring (bicyclic) bond motifs is 1. The maximum Gasteiger partial charge on any atom is 0.0660 e. The number of halogens is 1. The zero-order chi connectivity index (χ0) is 18.8. The Morgan fingerprint density at radius 1 is 1.22 bits per heavy atom. The highest BCUT2D eigenvalue weighted by atomic mass is 79.9. The third-order valence-electron chi connectivity index (χ3n) is 5.46. The Morgan fingerprint density at radius 2 is 2.04 bits per heavy atom.